The number of aromatic nitrogens is 1. The molecule has 0 aliphatic rings. The van der Waals surface area contributed by atoms with Crippen LogP contribution in [0.1, 0.15) is 36.3 Å². The highest BCUT2D eigenvalue weighted by Crippen LogP contribution is 2.19. The number of nitrogens with zero attached hydrogens (tertiary/aromatic N) is 1. The molecule has 0 saturated heterocycles. The summed E-state index contributed by atoms with van der Waals surface area (Å²) >= 11 is 0. The molecule has 0 saturated carbocycles. The van der Waals surface area contributed by atoms with Crippen molar-refractivity contribution < 1.29 is 5.11 Å². The molecule has 1 aromatic carbocycles. The fraction of sp³-hybridized carbons (Fsp3) is 0.312. The lowest BCUT2D eigenvalue weighted by atomic mass is 10.0. The second-order valence-electron chi connectivity index (χ2n) is 4.47. The van der Waals surface area contributed by atoms with Crippen LogP contribution in [0, 0.1) is 0 Å². The summed E-state index contributed by atoms with van der Waals surface area (Å²) in [6, 6.07) is 14.1. The van der Waals surface area contributed by atoms with Crippen molar-refractivity contribution in [3.63, 3.8) is 0 Å². The van der Waals surface area contributed by atoms with Crippen LogP contribution in [0.25, 0.3) is 0 Å². The van der Waals surface area contributed by atoms with E-state index in [4.69, 9.17) is 0 Å². The molecule has 2 nitrogen and oxygen atoms in total. The zero-order valence-corrected chi connectivity index (χ0v) is 10.7. The summed E-state index contributed by atoms with van der Waals surface area (Å²) in [5, 5.41) is 10.1. The molecular formula is C16H19NO. The van der Waals surface area contributed by atoms with Gasteiger partial charge < -0.3 is 5.11 Å². The van der Waals surface area contributed by atoms with Crippen molar-refractivity contribution >= 4 is 0 Å². The standard InChI is InChI=1S/C16H19NO/c1-2-13-6-8-14(9-7-13)16(18)11-10-15-5-3-4-12-17-15/h3-9,12,16,18H,2,10-11H2,1H3. The monoisotopic (exact) mass is 241 g/mol. The Bertz CT molecular complexity index is 464. The molecule has 0 aliphatic carbocycles. The number of aryl methyl sites for hydroxylation is 2. The summed E-state index contributed by atoms with van der Waals surface area (Å²) in [5.74, 6) is 0. The highest BCUT2D eigenvalue weighted by atomic mass is 16.3. The first-order valence-electron chi connectivity index (χ1n) is 6.46. The van der Waals surface area contributed by atoms with E-state index in [2.05, 4.69) is 24.0 Å². The van der Waals surface area contributed by atoms with E-state index < -0.39 is 6.10 Å². The maximum absolute atomic E-state index is 10.1. The summed E-state index contributed by atoms with van der Waals surface area (Å²) in [7, 11) is 0. The lowest BCUT2D eigenvalue weighted by Gasteiger charge is -2.11. The average Bonchev–Trinajstić information content (AvgIpc) is 2.46. The fourth-order valence-electron chi connectivity index (χ4n) is 1.97. The lowest BCUT2D eigenvalue weighted by Crippen LogP contribution is -2.00. The van der Waals surface area contributed by atoms with E-state index >= 15 is 0 Å². The van der Waals surface area contributed by atoms with Gasteiger partial charge >= 0.3 is 0 Å². The van der Waals surface area contributed by atoms with E-state index in [1.807, 2.05) is 30.3 Å². The number of hydrogen-bond acceptors (Lipinski definition) is 2. The molecule has 94 valence electrons. The van der Waals surface area contributed by atoms with Crippen LogP contribution in [0.4, 0.5) is 0 Å². The Labute approximate surface area is 108 Å². The smallest absolute Gasteiger partial charge is 0.0793 e. The molecule has 1 aromatic heterocycles. The van der Waals surface area contributed by atoms with Gasteiger partial charge in [0.15, 0.2) is 0 Å². The first-order chi connectivity index (χ1) is 8.79. The van der Waals surface area contributed by atoms with Crippen molar-refractivity contribution in [2.45, 2.75) is 32.3 Å². The Morgan fingerprint density at radius 2 is 1.89 bits per heavy atom. The van der Waals surface area contributed by atoms with E-state index in [0.717, 1.165) is 24.1 Å². The van der Waals surface area contributed by atoms with Crippen molar-refractivity contribution in [1.82, 2.24) is 4.98 Å². The van der Waals surface area contributed by atoms with E-state index in [9.17, 15) is 5.11 Å². The maximum atomic E-state index is 10.1. The number of aliphatic hydroxyl groups is 1. The van der Waals surface area contributed by atoms with Crippen LogP contribution in [0.3, 0.4) is 0 Å². The molecule has 2 aromatic rings. The molecular weight excluding hydrogens is 222 g/mol. The first-order valence-corrected chi connectivity index (χ1v) is 6.46. The highest BCUT2D eigenvalue weighted by Gasteiger charge is 2.07. The SMILES string of the molecule is CCc1ccc(C(O)CCc2ccccn2)cc1. The van der Waals surface area contributed by atoms with Gasteiger partial charge in [-0.05, 0) is 42.5 Å². The molecule has 2 rings (SSSR count). The van der Waals surface area contributed by atoms with Gasteiger partial charge in [-0.1, -0.05) is 37.3 Å². The van der Waals surface area contributed by atoms with Crippen molar-refractivity contribution in [2.75, 3.05) is 0 Å². The van der Waals surface area contributed by atoms with E-state index in [-0.39, 0.29) is 0 Å². The maximum Gasteiger partial charge on any atom is 0.0793 e. The number of aliphatic hydroxyl groups excluding tert-OH is 1. The predicted octanol–water partition coefficient (Wildman–Crippen LogP) is 3.31. The van der Waals surface area contributed by atoms with Gasteiger partial charge in [-0.15, -0.1) is 0 Å². The molecule has 0 aliphatic heterocycles. The molecule has 18 heavy (non-hydrogen) atoms. The third-order valence-electron chi connectivity index (χ3n) is 3.17. The van der Waals surface area contributed by atoms with Crippen LogP contribution in [-0.4, -0.2) is 10.1 Å². The fourth-order valence-corrected chi connectivity index (χ4v) is 1.97. The largest absolute Gasteiger partial charge is 0.388 e. The third kappa shape index (κ3) is 3.41. The Morgan fingerprint density at radius 3 is 2.50 bits per heavy atom. The number of hydrogen-bond donors (Lipinski definition) is 1. The van der Waals surface area contributed by atoms with Crippen LogP contribution in [0.15, 0.2) is 48.7 Å². The molecule has 1 unspecified atom stereocenters. The Morgan fingerprint density at radius 1 is 1.11 bits per heavy atom. The Hall–Kier alpha value is -1.67. The van der Waals surface area contributed by atoms with Crippen LogP contribution in [0.2, 0.25) is 0 Å². The summed E-state index contributed by atoms with van der Waals surface area (Å²) in [5.41, 5.74) is 3.32. The minimum atomic E-state index is -0.405. The zero-order chi connectivity index (χ0) is 12.8. The number of pyridine rings is 1. The van der Waals surface area contributed by atoms with Gasteiger partial charge in [0.05, 0.1) is 6.10 Å². The molecule has 1 atom stereocenters. The number of benzene rings is 1. The van der Waals surface area contributed by atoms with Crippen LogP contribution in [0.5, 0.6) is 0 Å². The Balaban J connectivity index is 1.93. The minimum Gasteiger partial charge on any atom is -0.388 e. The predicted molar refractivity (Wildman–Crippen MR) is 73.3 cm³/mol. The summed E-state index contributed by atoms with van der Waals surface area (Å²) < 4.78 is 0. The van der Waals surface area contributed by atoms with Crippen molar-refractivity contribution in [3.8, 4) is 0 Å². The van der Waals surface area contributed by atoms with Crippen molar-refractivity contribution in [3.05, 3.63) is 65.5 Å². The van der Waals surface area contributed by atoms with Gasteiger partial charge in [0.25, 0.3) is 0 Å². The van der Waals surface area contributed by atoms with Gasteiger partial charge in [0, 0.05) is 11.9 Å². The van der Waals surface area contributed by atoms with Gasteiger partial charge in [0.2, 0.25) is 0 Å². The van der Waals surface area contributed by atoms with E-state index in [0.29, 0.717) is 6.42 Å². The molecule has 0 bridgehead atoms. The second-order valence-corrected chi connectivity index (χ2v) is 4.47. The average molecular weight is 241 g/mol. The van der Waals surface area contributed by atoms with Crippen LogP contribution in [-0.2, 0) is 12.8 Å². The molecule has 0 spiro atoms. The zero-order valence-electron chi connectivity index (χ0n) is 10.7. The summed E-state index contributed by atoms with van der Waals surface area (Å²) in [4.78, 5) is 4.26. The quantitative estimate of drug-likeness (QED) is 0.871. The van der Waals surface area contributed by atoms with E-state index in [1.165, 1.54) is 5.56 Å². The van der Waals surface area contributed by atoms with Crippen molar-refractivity contribution in [1.29, 1.82) is 0 Å². The first kappa shape index (κ1) is 12.8. The topological polar surface area (TPSA) is 33.1 Å². The molecule has 0 amide bonds. The van der Waals surface area contributed by atoms with Crippen molar-refractivity contribution in [2.24, 2.45) is 0 Å². The lowest BCUT2D eigenvalue weighted by molar-refractivity contribution is 0.167. The molecule has 2 heteroatoms. The van der Waals surface area contributed by atoms with Gasteiger partial charge in [0.1, 0.15) is 0 Å². The normalized spacial score (nSPS) is 12.3. The van der Waals surface area contributed by atoms with Crippen LogP contribution < -0.4 is 0 Å². The Kier molecular flexibility index (Phi) is 4.48. The van der Waals surface area contributed by atoms with E-state index in [1.54, 1.807) is 6.20 Å². The minimum absolute atomic E-state index is 0.405. The third-order valence-corrected chi connectivity index (χ3v) is 3.17. The second kappa shape index (κ2) is 6.31. The van der Waals surface area contributed by atoms with Gasteiger partial charge in [-0.2, -0.15) is 0 Å². The molecule has 1 N–H and O–H groups in total. The molecule has 1 heterocycles. The van der Waals surface area contributed by atoms with Gasteiger partial charge in [-0.25, -0.2) is 0 Å². The molecule has 0 radical (unpaired) electrons. The summed E-state index contributed by atoms with van der Waals surface area (Å²) in [6.45, 7) is 2.13. The number of rotatable bonds is 5. The highest BCUT2D eigenvalue weighted by molar-refractivity contribution is 5.24. The van der Waals surface area contributed by atoms with Crippen LogP contribution >= 0.6 is 0 Å². The summed E-state index contributed by atoms with van der Waals surface area (Å²) in [6.07, 6.45) is 3.93. The van der Waals surface area contributed by atoms with Gasteiger partial charge in [-0.3, -0.25) is 4.98 Å². The molecule has 0 fully saturated rings.